The van der Waals surface area contributed by atoms with Crippen LogP contribution in [-0.2, 0) is 20.8 Å². The number of ether oxygens (including phenoxy) is 3. The highest BCUT2D eigenvalue weighted by Gasteiger charge is 2.36. The van der Waals surface area contributed by atoms with Crippen molar-refractivity contribution in [1.82, 2.24) is 9.80 Å². The summed E-state index contributed by atoms with van der Waals surface area (Å²) < 4.78 is 32.7. The molecular formula is C30H38BrFN2O5. The molecule has 1 saturated carbocycles. The van der Waals surface area contributed by atoms with E-state index in [-0.39, 0.29) is 36.3 Å². The van der Waals surface area contributed by atoms with Crippen molar-refractivity contribution >= 4 is 27.9 Å². The molecule has 2 amide bonds. The minimum atomic E-state index is -0.669. The van der Waals surface area contributed by atoms with Crippen molar-refractivity contribution in [1.29, 1.82) is 0 Å². The molecule has 1 aliphatic carbocycles. The quantitative estimate of drug-likeness (QED) is 0.377. The van der Waals surface area contributed by atoms with E-state index in [1.54, 1.807) is 17.0 Å². The number of rotatable bonds is 7. The Morgan fingerprint density at radius 3 is 2.49 bits per heavy atom. The van der Waals surface area contributed by atoms with E-state index < -0.39 is 11.7 Å². The van der Waals surface area contributed by atoms with E-state index in [0.717, 1.165) is 5.75 Å². The summed E-state index contributed by atoms with van der Waals surface area (Å²) in [6.45, 7) is 7.50. The molecule has 9 heteroatoms. The van der Waals surface area contributed by atoms with Crippen molar-refractivity contribution in [3.05, 3.63) is 64.4 Å². The molecular weight excluding hydrogens is 567 g/mol. The van der Waals surface area contributed by atoms with Gasteiger partial charge in [0.15, 0.2) is 0 Å². The van der Waals surface area contributed by atoms with E-state index in [1.165, 1.54) is 6.07 Å². The molecule has 1 aliphatic heterocycles. The standard InChI is InChI=1S/C30H38BrFN2O5/c1-30(2,3)39-29(36)34(18-22-9-12-23(31)17-27(22)32)24-13-10-21(11-14-24)28(35)33-15-16-37-26(19-33)20-38-25-7-5-4-6-8-25/h4-9,12,17,21,24,26H,10-11,13-16,18-20H2,1-3H3/t21?,24?,26-/m0/s1. The molecule has 0 radical (unpaired) electrons. The molecule has 0 bridgehead atoms. The van der Waals surface area contributed by atoms with Crippen LogP contribution in [-0.4, -0.2) is 65.9 Å². The SMILES string of the molecule is CC(C)(C)OC(=O)N(Cc1ccc(Br)cc1F)C1CCC(C(=O)N2CCO[C@H](COc3ccccc3)C2)CC1. The Morgan fingerprint density at radius 1 is 1.10 bits per heavy atom. The van der Waals surface area contributed by atoms with Crippen LogP contribution in [0.5, 0.6) is 5.75 Å². The fraction of sp³-hybridized carbons (Fsp3) is 0.533. The van der Waals surface area contributed by atoms with Gasteiger partial charge in [0.05, 0.1) is 19.7 Å². The van der Waals surface area contributed by atoms with Gasteiger partial charge in [0.25, 0.3) is 0 Å². The number of hydrogen-bond donors (Lipinski definition) is 0. The third-order valence-corrected chi connectivity index (χ3v) is 7.59. The zero-order valence-electron chi connectivity index (χ0n) is 22.9. The average Bonchev–Trinajstić information content (AvgIpc) is 2.91. The van der Waals surface area contributed by atoms with E-state index >= 15 is 0 Å². The lowest BCUT2D eigenvalue weighted by Gasteiger charge is -2.39. The molecule has 1 heterocycles. The van der Waals surface area contributed by atoms with Crippen molar-refractivity contribution in [2.45, 2.75) is 70.7 Å². The highest BCUT2D eigenvalue weighted by Crippen LogP contribution is 2.32. The second kappa shape index (κ2) is 13.1. The maximum atomic E-state index is 14.7. The van der Waals surface area contributed by atoms with Gasteiger partial charge in [-0.25, -0.2) is 9.18 Å². The van der Waals surface area contributed by atoms with Crippen molar-refractivity contribution < 1.29 is 28.2 Å². The second-order valence-corrected chi connectivity index (χ2v) is 12.2. The van der Waals surface area contributed by atoms with E-state index in [2.05, 4.69) is 15.9 Å². The van der Waals surface area contributed by atoms with Crippen LogP contribution < -0.4 is 4.74 Å². The number of hydrogen-bond acceptors (Lipinski definition) is 5. The van der Waals surface area contributed by atoms with Gasteiger partial charge in [0.2, 0.25) is 5.91 Å². The van der Waals surface area contributed by atoms with E-state index in [1.807, 2.05) is 56.0 Å². The smallest absolute Gasteiger partial charge is 0.410 e. The van der Waals surface area contributed by atoms with Gasteiger partial charge >= 0.3 is 6.09 Å². The molecule has 2 aromatic rings. The van der Waals surface area contributed by atoms with Crippen molar-refractivity contribution in [3.63, 3.8) is 0 Å². The predicted octanol–water partition coefficient (Wildman–Crippen LogP) is 6.19. The summed E-state index contributed by atoms with van der Waals surface area (Å²) in [5, 5.41) is 0. The topological polar surface area (TPSA) is 68.3 Å². The minimum Gasteiger partial charge on any atom is -0.491 e. The van der Waals surface area contributed by atoms with Crippen molar-refractivity contribution in [2.24, 2.45) is 5.92 Å². The molecule has 4 rings (SSSR count). The predicted molar refractivity (Wildman–Crippen MR) is 150 cm³/mol. The molecule has 0 spiro atoms. The number of halogens is 2. The number of morpholine rings is 1. The number of para-hydroxylation sites is 1. The van der Waals surface area contributed by atoms with Gasteiger partial charge in [-0.05, 0) is 70.7 Å². The molecule has 2 aliphatic rings. The minimum absolute atomic E-state index is 0.111. The van der Waals surface area contributed by atoms with E-state index in [4.69, 9.17) is 14.2 Å². The molecule has 1 saturated heterocycles. The Kier molecular flexibility index (Phi) is 9.88. The summed E-state index contributed by atoms with van der Waals surface area (Å²) in [5.41, 5.74) is -0.239. The third kappa shape index (κ3) is 8.42. The molecule has 7 nitrogen and oxygen atoms in total. The summed E-state index contributed by atoms with van der Waals surface area (Å²) >= 11 is 3.29. The number of carbonyl (C=O) groups excluding carboxylic acids is 2. The fourth-order valence-corrected chi connectivity index (χ4v) is 5.45. The van der Waals surface area contributed by atoms with Gasteiger partial charge < -0.3 is 24.0 Å². The van der Waals surface area contributed by atoms with Crippen LogP contribution in [0.2, 0.25) is 0 Å². The highest BCUT2D eigenvalue weighted by molar-refractivity contribution is 9.10. The van der Waals surface area contributed by atoms with E-state index in [9.17, 15) is 14.0 Å². The first-order chi connectivity index (χ1) is 18.6. The average molecular weight is 606 g/mol. The van der Waals surface area contributed by atoms with Crippen LogP contribution in [0.3, 0.4) is 0 Å². The molecule has 0 unspecified atom stereocenters. The van der Waals surface area contributed by atoms with Crippen molar-refractivity contribution in [2.75, 3.05) is 26.3 Å². The van der Waals surface area contributed by atoms with Gasteiger partial charge in [0, 0.05) is 28.5 Å². The molecule has 0 aromatic heterocycles. The summed E-state index contributed by atoms with van der Waals surface area (Å²) in [7, 11) is 0. The molecule has 2 fully saturated rings. The van der Waals surface area contributed by atoms with Crippen LogP contribution in [0.15, 0.2) is 53.0 Å². The Hall–Kier alpha value is -2.65. The van der Waals surface area contributed by atoms with Crippen LogP contribution in [0.4, 0.5) is 9.18 Å². The van der Waals surface area contributed by atoms with Gasteiger partial charge in [-0.2, -0.15) is 0 Å². The number of benzene rings is 2. The molecule has 2 aromatic carbocycles. The normalized spacial score (nSPS) is 21.8. The zero-order chi connectivity index (χ0) is 28.0. The summed E-state index contributed by atoms with van der Waals surface area (Å²) in [6.07, 6.45) is 1.98. The second-order valence-electron chi connectivity index (χ2n) is 11.3. The summed E-state index contributed by atoms with van der Waals surface area (Å²) in [4.78, 5) is 30.1. The molecule has 1 atom stereocenters. The van der Waals surface area contributed by atoms with Crippen LogP contribution in [0, 0.1) is 11.7 Å². The zero-order valence-corrected chi connectivity index (χ0v) is 24.5. The maximum Gasteiger partial charge on any atom is 0.410 e. The lowest BCUT2D eigenvalue weighted by molar-refractivity contribution is -0.145. The monoisotopic (exact) mass is 604 g/mol. The lowest BCUT2D eigenvalue weighted by atomic mass is 9.84. The molecule has 0 N–H and O–H groups in total. The third-order valence-electron chi connectivity index (χ3n) is 7.10. The van der Waals surface area contributed by atoms with Gasteiger partial charge in [-0.3, -0.25) is 4.79 Å². The van der Waals surface area contributed by atoms with E-state index in [0.29, 0.717) is 62.0 Å². The van der Waals surface area contributed by atoms with Crippen molar-refractivity contribution in [3.8, 4) is 5.75 Å². The van der Waals surface area contributed by atoms with Gasteiger partial charge in [-0.15, -0.1) is 0 Å². The number of nitrogens with zero attached hydrogens (tertiary/aromatic N) is 2. The first-order valence-corrected chi connectivity index (χ1v) is 14.4. The number of amides is 2. The van der Waals surface area contributed by atoms with Gasteiger partial charge in [0.1, 0.15) is 29.9 Å². The summed E-state index contributed by atoms with van der Waals surface area (Å²) in [5.74, 6) is 0.421. The highest BCUT2D eigenvalue weighted by atomic mass is 79.9. The summed E-state index contributed by atoms with van der Waals surface area (Å²) in [6, 6.07) is 14.3. The van der Waals surface area contributed by atoms with Crippen LogP contribution >= 0.6 is 15.9 Å². The van der Waals surface area contributed by atoms with Crippen LogP contribution in [0.1, 0.15) is 52.0 Å². The Balaban J connectivity index is 1.35. The molecule has 212 valence electrons. The maximum absolute atomic E-state index is 14.7. The Morgan fingerprint density at radius 2 is 1.82 bits per heavy atom. The Labute approximate surface area is 238 Å². The number of carbonyl (C=O) groups is 2. The largest absolute Gasteiger partial charge is 0.491 e. The Bertz CT molecular complexity index is 1120. The first kappa shape index (κ1) is 29.3. The molecule has 39 heavy (non-hydrogen) atoms. The van der Waals surface area contributed by atoms with Crippen LogP contribution in [0.25, 0.3) is 0 Å². The first-order valence-electron chi connectivity index (χ1n) is 13.6. The van der Waals surface area contributed by atoms with Gasteiger partial charge in [-0.1, -0.05) is 40.2 Å². The lowest BCUT2D eigenvalue weighted by Crippen LogP contribution is -2.51. The fourth-order valence-electron chi connectivity index (χ4n) is 5.12.